The van der Waals surface area contributed by atoms with Crippen molar-refractivity contribution in [3.63, 3.8) is 0 Å². The van der Waals surface area contributed by atoms with Gasteiger partial charge in [-0.15, -0.1) is 0 Å². The Balaban J connectivity index is 1.44. The molecule has 2 aliphatic carbocycles. The van der Waals surface area contributed by atoms with Gasteiger partial charge in [0.1, 0.15) is 11.8 Å². The molecular formula is C20H21BrN2O5. The average Bonchev–Trinajstić information content (AvgIpc) is 3.46. The summed E-state index contributed by atoms with van der Waals surface area (Å²) in [6, 6.07) is 2.73. The molecule has 148 valence electrons. The van der Waals surface area contributed by atoms with Crippen molar-refractivity contribution in [3.05, 3.63) is 34.7 Å². The van der Waals surface area contributed by atoms with E-state index in [-0.39, 0.29) is 47.8 Å². The Bertz CT molecular complexity index is 829. The fourth-order valence-electron chi connectivity index (χ4n) is 5.17. The van der Waals surface area contributed by atoms with Crippen LogP contribution in [0, 0.1) is 23.7 Å². The third kappa shape index (κ3) is 2.76. The number of halogens is 1. The lowest BCUT2D eigenvalue weighted by Crippen LogP contribution is -2.44. The maximum Gasteiger partial charge on any atom is 0.234 e. The Morgan fingerprint density at radius 2 is 1.75 bits per heavy atom. The van der Waals surface area contributed by atoms with Crippen molar-refractivity contribution >= 4 is 33.7 Å². The number of imide groups is 1. The summed E-state index contributed by atoms with van der Waals surface area (Å²) in [5.74, 6) is -0.289. The van der Waals surface area contributed by atoms with Crippen molar-refractivity contribution in [1.29, 1.82) is 0 Å². The zero-order chi connectivity index (χ0) is 19.4. The molecule has 5 rings (SSSR count). The van der Waals surface area contributed by atoms with E-state index < -0.39 is 6.04 Å². The van der Waals surface area contributed by atoms with E-state index in [0.717, 1.165) is 6.42 Å². The summed E-state index contributed by atoms with van der Waals surface area (Å²) in [6.07, 6.45) is 5.04. The smallest absolute Gasteiger partial charge is 0.234 e. The Morgan fingerprint density at radius 3 is 2.32 bits per heavy atom. The van der Waals surface area contributed by atoms with Crippen LogP contribution < -0.4 is 0 Å². The van der Waals surface area contributed by atoms with Gasteiger partial charge in [-0.05, 0) is 46.3 Å². The van der Waals surface area contributed by atoms with Crippen LogP contribution in [0.25, 0.3) is 0 Å². The molecule has 3 heterocycles. The van der Waals surface area contributed by atoms with E-state index in [1.54, 1.807) is 17.0 Å². The zero-order valence-corrected chi connectivity index (χ0v) is 16.8. The highest BCUT2D eigenvalue weighted by molar-refractivity contribution is 9.10. The molecular weight excluding hydrogens is 428 g/mol. The minimum atomic E-state index is -0.716. The van der Waals surface area contributed by atoms with E-state index in [9.17, 15) is 14.4 Å². The Morgan fingerprint density at radius 1 is 1.11 bits per heavy atom. The van der Waals surface area contributed by atoms with Crippen LogP contribution in [0.2, 0.25) is 0 Å². The molecule has 2 bridgehead atoms. The van der Waals surface area contributed by atoms with Crippen molar-refractivity contribution in [2.45, 2.75) is 18.9 Å². The molecule has 0 radical (unpaired) electrons. The summed E-state index contributed by atoms with van der Waals surface area (Å²) in [6.45, 7) is 2.05. The summed E-state index contributed by atoms with van der Waals surface area (Å²) in [4.78, 5) is 42.4. The summed E-state index contributed by atoms with van der Waals surface area (Å²) in [5.41, 5.74) is 0. The molecule has 5 atom stereocenters. The number of rotatable bonds is 4. The van der Waals surface area contributed by atoms with Gasteiger partial charge in [0.05, 0.1) is 31.5 Å². The number of nitrogens with zero attached hydrogens (tertiary/aromatic N) is 2. The monoisotopic (exact) mass is 448 g/mol. The molecule has 3 amide bonds. The van der Waals surface area contributed by atoms with Crippen LogP contribution in [-0.4, -0.2) is 53.8 Å². The van der Waals surface area contributed by atoms with Gasteiger partial charge in [-0.25, -0.2) is 0 Å². The van der Waals surface area contributed by atoms with Gasteiger partial charge in [0.15, 0.2) is 4.67 Å². The number of hydrogen-bond donors (Lipinski definition) is 0. The molecule has 2 saturated heterocycles. The first-order valence-corrected chi connectivity index (χ1v) is 10.5. The lowest BCUT2D eigenvalue weighted by atomic mass is 9.85. The highest BCUT2D eigenvalue weighted by Gasteiger charge is 2.61. The number of likely N-dealkylation sites (tertiary alicyclic amines) is 1. The largest absolute Gasteiger partial charge is 0.452 e. The summed E-state index contributed by atoms with van der Waals surface area (Å²) < 4.78 is 11.5. The van der Waals surface area contributed by atoms with Crippen LogP contribution >= 0.6 is 15.9 Å². The predicted molar refractivity (Wildman–Crippen MR) is 101 cm³/mol. The third-order valence-electron chi connectivity index (χ3n) is 6.47. The molecule has 1 saturated carbocycles. The van der Waals surface area contributed by atoms with Crippen LogP contribution in [0.3, 0.4) is 0 Å². The molecule has 5 unspecified atom stereocenters. The molecule has 0 spiro atoms. The lowest BCUT2D eigenvalue weighted by molar-refractivity contribution is -0.146. The van der Waals surface area contributed by atoms with Crippen LogP contribution in [0.15, 0.2) is 33.4 Å². The molecule has 8 heteroatoms. The van der Waals surface area contributed by atoms with Gasteiger partial charge < -0.3 is 14.1 Å². The van der Waals surface area contributed by atoms with Crippen molar-refractivity contribution in [1.82, 2.24) is 9.80 Å². The second-order valence-electron chi connectivity index (χ2n) is 7.90. The Labute approximate surface area is 170 Å². The maximum atomic E-state index is 13.2. The number of ether oxygens (including phenoxy) is 1. The first-order valence-electron chi connectivity index (χ1n) is 9.70. The van der Waals surface area contributed by atoms with Gasteiger partial charge in [0.2, 0.25) is 17.7 Å². The first-order chi connectivity index (χ1) is 13.5. The van der Waals surface area contributed by atoms with Crippen molar-refractivity contribution in [2.75, 3.05) is 26.3 Å². The fourth-order valence-corrected chi connectivity index (χ4v) is 5.49. The number of carbonyl (C=O) groups is 3. The van der Waals surface area contributed by atoms with Gasteiger partial charge in [-0.1, -0.05) is 12.2 Å². The molecule has 3 fully saturated rings. The van der Waals surface area contributed by atoms with Gasteiger partial charge in [0, 0.05) is 13.1 Å². The van der Waals surface area contributed by atoms with E-state index in [0.29, 0.717) is 36.7 Å². The minimum Gasteiger partial charge on any atom is -0.452 e. The third-order valence-corrected chi connectivity index (χ3v) is 6.90. The van der Waals surface area contributed by atoms with E-state index in [4.69, 9.17) is 9.15 Å². The molecule has 7 nitrogen and oxygen atoms in total. The maximum absolute atomic E-state index is 13.2. The standard InChI is InChI=1S/C20H21BrN2O5/c21-15-4-3-14(28-15)13(10-16(24)22-5-7-27-8-6-22)23-19(25)17-11-1-2-12(9-11)18(17)20(23)26/h1-4,11-13,17-18H,5-10H2. The van der Waals surface area contributed by atoms with E-state index >= 15 is 0 Å². The quantitative estimate of drug-likeness (QED) is 0.520. The van der Waals surface area contributed by atoms with Crippen LogP contribution in [0.5, 0.6) is 0 Å². The highest BCUT2D eigenvalue weighted by atomic mass is 79.9. The highest BCUT2D eigenvalue weighted by Crippen LogP contribution is 2.54. The summed E-state index contributed by atoms with van der Waals surface area (Å²) in [5, 5.41) is 0. The average molecular weight is 449 g/mol. The number of allylic oxidation sites excluding steroid dienone is 2. The fraction of sp³-hybridized carbons (Fsp3) is 0.550. The van der Waals surface area contributed by atoms with E-state index in [1.807, 2.05) is 0 Å². The SMILES string of the molecule is O=C(CC(c1ccc(Br)o1)N1C(=O)C2C3C=CC(C3)C2C1=O)N1CCOCC1. The van der Waals surface area contributed by atoms with Gasteiger partial charge >= 0.3 is 0 Å². The van der Waals surface area contributed by atoms with Gasteiger partial charge in [0.25, 0.3) is 0 Å². The number of furan rings is 1. The number of fused-ring (bicyclic) bond motifs is 5. The number of carbonyl (C=O) groups excluding carboxylic acids is 3. The molecule has 1 aromatic heterocycles. The van der Waals surface area contributed by atoms with Crippen LogP contribution in [0.1, 0.15) is 24.6 Å². The lowest BCUT2D eigenvalue weighted by Gasteiger charge is -2.31. The van der Waals surface area contributed by atoms with Gasteiger partial charge in [-0.3, -0.25) is 19.3 Å². The number of morpholine rings is 1. The normalized spacial score (nSPS) is 32.3. The molecule has 1 aromatic rings. The molecule has 0 N–H and O–H groups in total. The van der Waals surface area contributed by atoms with Crippen LogP contribution in [0.4, 0.5) is 0 Å². The minimum absolute atomic E-state index is 0.0274. The summed E-state index contributed by atoms with van der Waals surface area (Å²) in [7, 11) is 0. The Hall–Kier alpha value is -1.93. The summed E-state index contributed by atoms with van der Waals surface area (Å²) >= 11 is 3.28. The molecule has 28 heavy (non-hydrogen) atoms. The Kier molecular flexibility index (Phi) is 4.43. The first kappa shape index (κ1) is 18.1. The van der Waals surface area contributed by atoms with E-state index in [1.165, 1.54) is 4.90 Å². The van der Waals surface area contributed by atoms with Crippen molar-refractivity contribution in [3.8, 4) is 0 Å². The zero-order valence-electron chi connectivity index (χ0n) is 15.3. The number of hydrogen-bond acceptors (Lipinski definition) is 5. The molecule has 2 aliphatic heterocycles. The second-order valence-corrected chi connectivity index (χ2v) is 8.68. The second kappa shape index (κ2) is 6.84. The van der Waals surface area contributed by atoms with Crippen LogP contribution in [-0.2, 0) is 19.1 Å². The van der Waals surface area contributed by atoms with E-state index in [2.05, 4.69) is 28.1 Å². The van der Waals surface area contributed by atoms with Crippen molar-refractivity contribution in [2.24, 2.45) is 23.7 Å². The van der Waals surface area contributed by atoms with Gasteiger partial charge in [-0.2, -0.15) is 0 Å². The topological polar surface area (TPSA) is 80.1 Å². The number of amides is 3. The molecule has 0 aromatic carbocycles. The molecule has 4 aliphatic rings. The van der Waals surface area contributed by atoms with Crippen molar-refractivity contribution < 1.29 is 23.5 Å². The predicted octanol–water partition coefficient (Wildman–Crippen LogP) is 2.14.